The molecule has 0 amide bonds. The van der Waals surface area contributed by atoms with Crippen molar-refractivity contribution < 1.29 is 9.47 Å². The fourth-order valence-corrected chi connectivity index (χ4v) is 4.35. The third-order valence-electron chi connectivity index (χ3n) is 4.31. The SMILES string of the molecule is CCOc1cc(/C=C(/C#N)c2ccc(Br)cc2)cc(I)c1OCc1ccc(Cl)cc1Cl. The lowest BCUT2D eigenvalue weighted by Gasteiger charge is -2.15. The van der Waals surface area contributed by atoms with Crippen molar-refractivity contribution in [3.05, 3.63) is 89.4 Å². The number of nitriles is 1. The van der Waals surface area contributed by atoms with Gasteiger partial charge in [0.2, 0.25) is 0 Å². The molecule has 3 rings (SSSR count). The van der Waals surface area contributed by atoms with E-state index in [0.29, 0.717) is 33.7 Å². The van der Waals surface area contributed by atoms with E-state index in [2.05, 4.69) is 44.6 Å². The van der Waals surface area contributed by atoms with Crippen LogP contribution in [-0.2, 0) is 6.61 Å². The van der Waals surface area contributed by atoms with Crippen LogP contribution in [0.5, 0.6) is 11.5 Å². The molecule has 158 valence electrons. The van der Waals surface area contributed by atoms with Gasteiger partial charge in [0, 0.05) is 20.1 Å². The van der Waals surface area contributed by atoms with E-state index in [-0.39, 0.29) is 6.61 Å². The van der Waals surface area contributed by atoms with Gasteiger partial charge < -0.3 is 9.47 Å². The maximum Gasteiger partial charge on any atom is 0.175 e. The summed E-state index contributed by atoms with van der Waals surface area (Å²) in [5, 5.41) is 10.8. The number of ether oxygens (including phenoxy) is 2. The van der Waals surface area contributed by atoms with Gasteiger partial charge in [-0.3, -0.25) is 0 Å². The Hall–Kier alpha value is -1.72. The highest BCUT2D eigenvalue weighted by atomic mass is 127. The number of rotatable bonds is 7. The molecule has 0 fully saturated rings. The van der Waals surface area contributed by atoms with Crippen molar-refractivity contribution in [2.24, 2.45) is 0 Å². The highest BCUT2D eigenvalue weighted by molar-refractivity contribution is 14.1. The highest BCUT2D eigenvalue weighted by Gasteiger charge is 2.14. The van der Waals surface area contributed by atoms with E-state index in [0.717, 1.165) is 24.7 Å². The van der Waals surface area contributed by atoms with E-state index in [1.165, 1.54) is 0 Å². The van der Waals surface area contributed by atoms with Crippen LogP contribution >= 0.6 is 61.7 Å². The monoisotopic (exact) mass is 627 g/mol. The van der Waals surface area contributed by atoms with Gasteiger partial charge in [-0.25, -0.2) is 0 Å². The van der Waals surface area contributed by atoms with Crippen molar-refractivity contribution in [2.75, 3.05) is 6.61 Å². The molecule has 0 unspecified atom stereocenters. The summed E-state index contributed by atoms with van der Waals surface area (Å²) in [4.78, 5) is 0. The molecule has 3 aromatic carbocycles. The summed E-state index contributed by atoms with van der Waals surface area (Å²) in [6.45, 7) is 2.68. The predicted molar refractivity (Wildman–Crippen MR) is 139 cm³/mol. The summed E-state index contributed by atoms with van der Waals surface area (Å²) in [7, 11) is 0. The lowest BCUT2D eigenvalue weighted by Crippen LogP contribution is -2.02. The average molecular weight is 629 g/mol. The van der Waals surface area contributed by atoms with Crippen molar-refractivity contribution >= 4 is 73.4 Å². The standard InChI is InChI=1S/C24H17BrCl2INO2/c1-2-30-23-11-15(9-18(13-29)16-3-6-19(25)7-4-16)10-22(28)24(23)31-14-17-5-8-20(26)12-21(17)27/h3-12H,2,14H2,1H3/b18-9-. The van der Waals surface area contributed by atoms with E-state index in [1.54, 1.807) is 12.1 Å². The van der Waals surface area contributed by atoms with Crippen LogP contribution in [-0.4, -0.2) is 6.61 Å². The molecule has 7 heteroatoms. The third kappa shape index (κ3) is 6.39. The molecule has 0 N–H and O–H groups in total. The van der Waals surface area contributed by atoms with Crippen LogP contribution < -0.4 is 9.47 Å². The lowest BCUT2D eigenvalue weighted by atomic mass is 10.0. The summed E-state index contributed by atoms with van der Waals surface area (Å²) in [5.74, 6) is 1.24. The first-order chi connectivity index (χ1) is 14.9. The number of nitrogens with zero attached hydrogens (tertiary/aromatic N) is 1. The normalized spacial score (nSPS) is 11.2. The summed E-state index contributed by atoms with van der Waals surface area (Å²) < 4.78 is 13.7. The first kappa shape index (κ1) is 23.9. The molecule has 0 saturated heterocycles. The smallest absolute Gasteiger partial charge is 0.175 e. The first-order valence-electron chi connectivity index (χ1n) is 9.32. The van der Waals surface area contributed by atoms with Gasteiger partial charge in [0.15, 0.2) is 11.5 Å². The van der Waals surface area contributed by atoms with Crippen LogP contribution in [0, 0.1) is 14.9 Å². The molecular formula is C24H17BrCl2INO2. The van der Waals surface area contributed by atoms with Crippen LogP contribution in [0.15, 0.2) is 59.1 Å². The quantitative estimate of drug-likeness (QED) is 0.150. The number of hydrogen-bond donors (Lipinski definition) is 0. The Kier molecular flexibility index (Phi) is 8.67. The van der Waals surface area contributed by atoms with Gasteiger partial charge in [-0.05, 0) is 83.1 Å². The van der Waals surface area contributed by atoms with E-state index in [4.69, 9.17) is 32.7 Å². The van der Waals surface area contributed by atoms with Crippen LogP contribution in [0.25, 0.3) is 11.6 Å². The Morgan fingerprint density at radius 2 is 1.84 bits per heavy atom. The van der Waals surface area contributed by atoms with Crippen LogP contribution in [0.3, 0.4) is 0 Å². The second kappa shape index (κ2) is 11.2. The Bertz CT molecular complexity index is 1160. The molecule has 0 saturated carbocycles. The van der Waals surface area contributed by atoms with Gasteiger partial charge in [0.05, 0.1) is 21.8 Å². The number of allylic oxidation sites excluding steroid dienone is 1. The van der Waals surface area contributed by atoms with E-state index in [9.17, 15) is 5.26 Å². The second-order valence-electron chi connectivity index (χ2n) is 6.46. The minimum atomic E-state index is 0.281. The number of halogens is 4. The van der Waals surface area contributed by atoms with Gasteiger partial charge in [-0.15, -0.1) is 0 Å². The van der Waals surface area contributed by atoms with Crippen LogP contribution in [0.2, 0.25) is 10.0 Å². The summed E-state index contributed by atoms with van der Waals surface area (Å²) in [6, 6.07) is 19.0. The topological polar surface area (TPSA) is 42.2 Å². The molecule has 0 spiro atoms. The maximum absolute atomic E-state index is 9.65. The van der Waals surface area contributed by atoms with Crippen LogP contribution in [0.4, 0.5) is 0 Å². The molecule has 0 radical (unpaired) electrons. The second-order valence-corrected chi connectivity index (χ2v) is 9.39. The Balaban J connectivity index is 1.92. The minimum absolute atomic E-state index is 0.281. The first-order valence-corrected chi connectivity index (χ1v) is 11.9. The van der Waals surface area contributed by atoms with Gasteiger partial charge >= 0.3 is 0 Å². The van der Waals surface area contributed by atoms with E-state index in [1.807, 2.05) is 55.5 Å². The molecule has 0 atom stereocenters. The highest BCUT2D eigenvalue weighted by Crippen LogP contribution is 2.36. The molecule has 0 heterocycles. The molecule has 0 aliphatic rings. The molecule has 0 aliphatic heterocycles. The van der Waals surface area contributed by atoms with Crippen LogP contribution in [0.1, 0.15) is 23.6 Å². The molecule has 3 nitrogen and oxygen atoms in total. The van der Waals surface area contributed by atoms with Crippen molar-refractivity contribution in [3.63, 3.8) is 0 Å². The van der Waals surface area contributed by atoms with Crippen molar-refractivity contribution in [1.82, 2.24) is 0 Å². The minimum Gasteiger partial charge on any atom is -0.490 e. The third-order valence-corrected chi connectivity index (χ3v) is 6.22. The van der Waals surface area contributed by atoms with Gasteiger partial charge in [0.25, 0.3) is 0 Å². The maximum atomic E-state index is 9.65. The molecular weight excluding hydrogens is 612 g/mol. The van der Waals surface area contributed by atoms with E-state index >= 15 is 0 Å². The fourth-order valence-electron chi connectivity index (χ4n) is 2.84. The zero-order valence-electron chi connectivity index (χ0n) is 16.5. The summed E-state index contributed by atoms with van der Waals surface area (Å²) in [6.07, 6.45) is 1.84. The van der Waals surface area contributed by atoms with Crippen molar-refractivity contribution in [2.45, 2.75) is 13.5 Å². The van der Waals surface area contributed by atoms with Gasteiger partial charge in [-0.1, -0.05) is 57.3 Å². The average Bonchev–Trinajstić information content (AvgIpc) is 2.73. The van der Waals surface area contributed by atoms with Gasteiger partial charge in [0.1, 0.15) is 6.61 Å². The number of hydrogen-bond acceptors (Lipinski definition) is 3. The predicted octanol–water partition coefficient (Wildman–Crippen LogP) is 8.40. The molecule has 3 aromatic rings. The molecule has 0 aromatic heterocycles. The van der Waals surface area contributed by atoms with Crippen molar-refractivity contribution in [1.29, 1.82) is 5.26 Å². The Morgan fingerprint density at radius 1 is 1.10 bits per heavy atom. The lowest BCUT2D eigenvalue weighted by molar-refractivity contribution is 0.267. The summed E-state index contributed by atoms with van der Waals surface area (Å²) >= 11 is 17.9. The van der Waals surface area contributed by atoms with Crippen molar-refractivity contribution in [3.8, 4) is 17.6 Å². The Labute approximate surface area is 213 Å². The summed E-state index contributed by atoms with van der Waals surface area (Å²) in [5.41, 5.74) is 3.09. The van der Waals surface area contributed by atoms with E-state index < -0.39 is 0 Å². The zero-order chi connectivity index (χ0) is 22.4. The number of benzene rings is 3. The molecule has 31 heavy (non-hydrogen) atoms. The molecule has 0 bridgehead atoms. The molecule has 0 aliphatic carbocycles. The zero-order valence-corrected chi connectivity index (χ0v) is 21.7. The Morgan fingerprint density at radius 3 is 2.48 bits per heavy atom. The largest absolute Gasteiger partial charge is 0.490 e. The fraction of sp³-hybridized carbons (Fsp3) is 0.125. The van der Waals surface area contributed by atoms with Gasteiger partial charge in [-0.2, -0.15) is 5.26 Å².